The van der Waals surface area contributed by atoms with E-state index in [9.17, 15) is 0 Å². The van der Waals surface area contributed by atoms with Crippen LogP contribution in [-0.4, -0.2) is 25.0 Å². The van der Waals surface area contributed by atoms with Crippen LogP contribution in [0.25, 0.3) is 0 Å². The summed E-state index contributed by atoms with van der Waals surface area (Å²) >= 11 is 0. The summed E-state index contributed by atoms with van der Waals surface area (Å²) in [6.07, 6.45) is 5.50. The van der Waals surface area contributed by atoms with Crippen molar-refractivity contribution in [3.8, 4) is 0 Å². The maximum Gasteiger partial charge on any atom is 0.0187 e. The zero-order valence-electron chi connectivity index (χ0n) is 7.51. The first-order valence-electron chi connectivity index (χ1n) is 4.19. The van der Waals surface area contributed by atoms with Gasteiger partial charge in [0.25, 0.3) is 0 Å². The van der Waals surface area contributed by atoms with Gasteiger partial charge in [0.2, 0.25) is 0 Å². The van der Waals surface area contributed by atoms with Crippen molar-refractivity contribution in [2.75, 3.05) is 20.1 Å². The Kier molecular flexibility index (Phi) is 2.89. The van der Waals surface area contributed by atoms with Crippen LogP contribution >= 0.6 is 0 Å². The highest BCUT2D eigenvalue weighted by Crippen LogP contribution is 2.16. The third kappa shape index (κ3) is 2.51. The third-order valence-electron chi connectivity index (χ3n) is 2.06. The van der Waals surface area contributed by atoms with Crippen molar-refractivity contribution < 1.29 is 0 Å². The van der Waals surface area contributed by atoms with E-state index in [-0.39, 0.29) is 0 Å². The second kappa shape index (κ2) is 3.72. The van der Waals surface area contributed by atoms with Gasteiger partial charge >= 0.3 is 0 Å². The smallest absolute Gasteiger partial charge is 0.0187 e. The van der Waals surface area contributed by atoms with Gasteiger partial charge in [-0.15, -0.1) is 6.58 Å². The molecule has 0 saturated carbocycles. The molecule has 0 amide bonds. The summed E-state index contributed by atoms with van der Waals surface area (Å²) in [7, 11) is 2.17. The lowest BCUT2D eigenvalue weighted by Gasteiger charge is -2.27. The lowest BCUT2D eigenvalue weighted by Crippen LogP contribution is -2.30. The molecule has 0 fully saturated rings. The molecule has 0 saturated heterocycles. The van der Waals surface area contributed by atoms with Gasteiger partial charge in [-0.1, -0.05) is 17.7 Å². The Labute approximate surface area is 69.4 Å². The third-order valence-corrected chi connectivity index (χ3v) is 2.06. The number of hydrogen-bond donors (Lipinski definition) is 0. The molecule has 1 aliphatic rings. The first kappa shape index (κ1) is 8.54. The molecule has 1 heterocycles. The molecule has 0 aromatic heterocycles. The Hall–Kier alpha value is -0.560. The average molecular weight is 151 g/mol. The van der Waals surface area contributed by atoms with Crippen LogP contribution in [0.4, 0.5) is 0 Å². The normalized spacial score (nSPS) is 26.4. The number of likely N-dealkylation sites (N-methyl/N-ethyl adjacent to an activating group) is 1. The summed E-state index contributed by atoms with van der Waals surface area (Å²) in [4.78, 5) is 2.36. The Balaban J connectivity index is 2.53. The van der Waals surface area contributed by atoms with Crippen LogP contribution < -0.4 is 0 Å². The molecule has 11 heavy (non-hydrogen) atoms. The molecule has 1 atom stereocenters. The monoisotopic (exact) mass is 151 g/mol. The van der Waals surface area contributed by atoms with Crippen LogP contribution in [0.1, 0.15) is 13.3 Å². The number of allylic oxidation sites excluding steroid dienone is 1. The van der Waals surface area contributed by atoms with Crippen LogP contribution in [0, 0.1) is 5.92 Å². The van der Waals surface area contributed by atoms with Crippen LogP contribution in [0.5, 0.6) is 0 Å². The van der Waals surface area contributed by atoms with E-state index in [4.69, 9.17) is 0 Å². The summed E-state index contributed by atoms with van der Waals surface area (Å²) in [6, 6.07) is 0. The van der Waals surface area contributed by atoms with Gasteiger partial charge in [0, 0.05) is 13.1 Å². The Morgan fingerprint density at radius 1 is 1.82 bits per heavy atom. The van der Waals surface area contributed by atoms with Crippen LogP contribution in [0.3, 0.4) is 0 Å². The zero-order chi connectivity index (χ0) is 8.27. The second-order valence-electron chi connectivity index (χ2n) is 3.49. The fourth-order valence-corrected chi connectivity index (χ4v) is 1.76. The van der Waals surface area contributed by atoms with E-state index in [0.717, 1.165) is 13.0 Å². The van der Waals surface area contributed by atoms with Crippen molar-refractivity contribution >= 4 is 0 Å². The molecular formula is C10H17N. The SMILES string of the molecule is C=CCC1C=C(C)CN(C)C1. The Morgan fingerprint density at radius 3 is 3.09 bits per heavy atom. The molecule has 0 radical (unpaired) electrons. The van der Waals surface area contributed by atoms with E-state index >= 15 is 0 Å². The van der Waals surface area contributed by atoms with E-state index in [0.29, 0.717) is 5.92 Å². The predicted molar refractivity (Wildman–Crippen MR) is 49.6 cm³/mol. The minimum atomic E-state index is 0.700. The molecule has 0 aliphatic carbocycles. The number of nitrogens with zero attached hydrogens (tertiary/aromatic N) is 1. The molecule has 0 spiro atoms. The minimum Gasteiger partial charge on any atom is -0.302 e. The van der Waals surface area contributed by atoms with E-state index in [1.54, 1.807) is 0 Å². The van der Waals surface area contributed by atoms with Gasteiger partial charge < -0.3 is 4.90 Å². The van der Waals surface area contributed by atoms with Gasteiger partial charge in [-0.25, -0.2) is 0 Å². The lowest BCUT2D eigenvalue weighted by atomic mass is 9.98. The highest BCUT2D eigenvalue weighted by Gasteiger charge is 2.13. The summed E-state index contributed by atoms with van der Waals surface area (Å²) in [6.45, 7) is 8.27. The van der Waals surface area contributed by atoms with E-state index < -0.39 is 0 Å². The maximum absolute atomic E-state index is 3.76. The predicted octanol–water partition coefficient (Wildman–Crippen LogP) is 2.07. The van der Waals surface area contributed by atoms with Gasteiger partial charge in [-0.3, -0.25) is 0 Å². The fraction of sp³-hybridized carbons (Fsp3) is 0.600. The lowest BCUT2D eigenvalue weighted by molar-refractivity contribution is 0.304. The van der Waals surface area contributed by atoms with Gasteiger partial charge in [-0.2, -0.15) is 0 Å². The topological polar surface area (TPSA) is 3.24 Å². The fourth-order valence-electron chi connectivity index (χ4n) is 1.76. The molecule has 1 rings (SSSR count). The van der Waals surface area contributed by atoms with Crippen LogP contribution in [-0.2, 0) is 0 Å². The highest BCUT2D eigenvalue weighted by molar-refractivity contribution is 5.08. The van der Waals surface area contributed by atoms with Gasteiger partial charge in [-0.05, 0) is 26.3 Å². The quantitative estimate of drug-likeness (QED) is 0.546. The van der Waals surface area contributed by atoms with Gasteiger partial charge in [0.05, 0.1) is 0 Å². The van der Waals surface area contributed by atoms with Crippen molar-refractivity contribution in [2.24, 2.45) is 5.92 Å². The highest BCUT2D eigenvalue weighted by atomic mass is 15.1. The van der Waals surface area contributed by atoms with Gasteiger partial charge in [0.15, 0.2) is 0 Å². The summed E-state index contributed by atoms with van der Waals surface area (Å²) in [5.74, 6) is 0.700. The first-order valence-corrected chi connectivity index (χ1v) is 4.19. The van der Waals surface area contributed by atoms with Crippen molar-refractivity contribution in [2.45, 2.75) is 13.3 Å². The van der Waals surface area contributed by atoms with Crippen LogP contribution in [0.2, 0.25) is 0 Å². The molecule has 0 bridgehead atoms. The summed E-state index contributed by atoms with van der Waals surface area (Å²) < 4.78 is 0. The zero-order valence-corrected chi connectivity index (χ0v) is 7.51. The van der Waals surface area contributed by atoms with Crippen LogP contribution in [0.15, 0.2) is 24.3 Å². The number of hydrogen-bond acceptors (Lipinski definition) is 1. The number of rotatable bonds is 2. The molecule has 1 nitrogen and oxygen atoms in total. The summed E-state index contributed by atoms with van der Waals surface area (Å²) in [5.41, 5.74) is 1.49. The molecule has 0 aromatic carbocycles. The van der Waals surface area contributed by atoms with E-state index in [2.05, 4.69) is 31.5 Å². The standard InChI is InChI=1S/C10H17N/c1-4-5-10-6-9(2)7-11(3)8-10/h4,6,10H,1,5,7-8H2,2-3H3. The Bertz CT molecular complexity index is 170. The summed E-state index contributed by atoms with van der Waals surface area (Å²) in [5, 5.41) is 0. The van der Waals surface area contributed by atoms with E-state index in [1.807, 2.05) is 6.08 Å². The van der Waals surface area contributed by atoms with Crippen molar-refractivity contribution in [1.82, 2.24) is 4.90 Å². The molecular weight excluding hydrogens is 134 g/mol. The molecule has 1 heteroatoms. The van der Waals surface area contributed by atoms with Gasteiger partial charge in [0.1, 0.15) is 0 Å². The minimum absolute atomic E-state index is 0.700. The average Bonchev–Trinajstić information content (AvgIpc) is 1.85. The van der Waals surface area contributed by atoms with Crippen molar-refractivity contribution in [1.29, 1.82) is 0 Å². The molecule has 62 valence electrons. The molecule has 1 aliphatic heterocycles. The van der Waals surface area contributed by atoms with Crippen molar-refractivity contribution in [3.63, 3.8) is 0 Å². The molecule has 0 aromatic rings. The Morgan fingerprint density at radius 2 is 2.55 bits per heavy atom. The maximum atomic E-state index is 3.76. The molecule has 1 unspecified atom stereocenters. The van der Waals surface area contributed by atoms with E-state index in [1.165, 1.54) is 12.1 Å². The second-order valence-corrected chi connectivity index (χ2v) is 3.49. The first-order chi connectivity index (χ1) is 5.22. The largest absolute Gasteiger partial charge is 0.302 e. The van der Waals surface area contributed by atoms with Crippen molar-refractivity contribution in [3.05, 3.63) is 24.3 Å². The molecule has 0 N–H and O–H groups in total.